The van der Waals surface area contributed by atoms with Gasteiger partial charge in [0, 0.05) is 10.6 Å². The summed E-state index contributed by atoms with van der Waals surface area (Å²) < 4.78 is 0. The molecule has 1 atom stereocenters. The number of carbonyl (C=O) groups is 2. The lowest BCUT2D eigenvalue weighted by Gasteiger charge is -2.15. The van der Waals surface area contributed by atoms with Crippen LogP contribution in [0.15, 0.2) is 54.6 Å². The molecule has 2 N–H and O–H groups in total. The van der Waals surface area contributed by atoms with E-state index in [2.05, 4.69) is 5.32 Å². The molecule has 4 nitrogen and oxygen atoms in total. The number of hydrogen-bond donors (Lipinski definition) is 2. The summed E-state index contributed by atoms with van der Waals surface area (Å²) in [6, 6.07) is 13.8. The lowest BCUT2D eigenvalue weighted by Crippen LogP contribution is -2.33. The number of halogens is 1. The normalized spacial score (nSPS) is 11.7. The summed E-state index contributed by atoms with van der Waals surface area (Å²) in [5, 5.41) is 12.1. The molecule has 5 heteroatoms. The van der Waals surface area contributed by atoms with E-state index < -0.39 is 17.9 Å². The molecule has 102 valence electrons. The van der Waals surface area contributed by atoms with E-state index in [1.54, 1.807) is 48.5 Å². The second kappa shape index (κ2) is 6.21. The molecule has 0 fully saturated rings. The zero-order valence-corrected chi connectivity index (χ0v) is 11.2. The topological polar surface area (TPSA) is 66.4 Å². The van der Waals surface area contributed by atoms with Gasteiger partial charge >= 0.3 is 5.97 Å². The summed E-state index contributed by atoms with van der Waals surface area (Å²) >= 11 is 5.81. The molecule has 0 saturated carbocycles. The molecule has 2 rings (SSSR count). The Hall–Kier alpha value is -2.33. The quantitative estimate of drug-likeness (QED) is 0.909. The van der Waals surface area contributed by atoms with Crippen LogP contribution in [0.3, 0.4) is 0 Å². The van der Waals surface area contributed by atoms with Crippen molar-refractivity contribution >= 4 is 23.5 Å². The van der Waals surface area contributed by atoms with Crippen molar-refractivity contribution in [2.24, 2.45) is 0 Å². The third-order valence-corrected chi connectivity index (χ3v) is 2.98. The minimum atomic E-state index is -1.12. The van der Waals surface area contributed by atoms with Crippen molar-refractivity contribution in [3.8, 4) is 0 Å². The van der Waals surface area contributed by atoms with E-state index >= 15 is 0 Å². The van der Waals surface area contributed by atoms with Gasteiger partial charge in [-0.3, -0.25) is 4.79 Å². The lowest BCUT2D eigenvalue weighted by atomic mass is 10.1. The standard InChI is InChI=1S/C15H12ClNO3/c16-12-8-4-7-11(9-12)14(18)17-13(15(19)20)10-5-2-1-3-6-10/h1-9,13H,(H,17,18)(H,19,20)/t13-/m1/s1. The van der Waals surface area contributed by atoms with E-state index in [1.807, 2.05) is 0 Å². The number of aliphatic carboxylic acids is 1. The van der Waals surface area contributed by atoms with E-state index in [1.165, 1.54) is 6.07 Å². The summed E-state index contributed by atoms with van der Waals surface area (Å²) in [5.41, 5.74) is 0.829. The fourth-order valence-corrected chi connectivity index (χ4v) is 1.97. The zero-order valence-electron chi connectivity index (χ0n) is 10.4. The number of amides is 1. The Morgan fingerprint density at radius 1 is 1.05 bits per heavy atom. The molecule has 20 heavy (non-hydrogen) atoms. The largest absolute Gasteiger partial charge is 0.479 e. The second-order valence-electron chi connectivity index (χ2n) is 4.17. The minimum absolute atomic E-state index is 0.319. The third kappa shape index (κ3) is 3.36. The van der Waals surface area contributed by atoms with Crippen molar-refractivity contribution in [1.29, 1.82) is 0 Å². The lowest BCUT2D eigenvalue weighted by molar-refractivity contribution is -0.139. The monoisotopic (exact) mass is 289 g/mol. The van der Waals surface area contributed by atoms with E-state index in [0.717, 1.165) is 0 Å². The molecular weight excluding hydrogens is 278 g/mol. The maximum Gasteiger partial charge on any atom is 0.330 e. The highest BCUT2D eigenvalue weighted by molar-refractivity contribution is 6.30. The number of rotatable bonds is 4. The molecule has 2 aromatic rings. The molecule has 0 aliphatic rings. The summed E-state index contributed by atoms with van der Waals surface area (Å²) in [5.74, 6) is -1.60. The van der Waals surface area contributed by atoms with Crippen LogP contribution >= 0.6 is 11.6 Å². The number of carbonyl (C=O) groups excluding carboxylic acids is 1. The van der Waals surface area contributed by atoms with Gasteiger partial charge in [-0.15, -0.1) is 0 Å². The minimum Gasteiger partial charge on any atom is -0.479 e. The van der Waals surface area contributed by atoms with Crippen molar-refractivity contribution < 1.29 is 14.7 Å². The molecule has 0 unspecified atom stereocenters. The molecule has 2 aromatic carbocycles. The van der Waals surface area contributed by atoms with Gasteiger partial charge in [-0.1, -0.05) is 48.0 Å². The first-order valence-corrected chi connectivity index (χ1v) is 6.30. The van der Waals surface area contributed by atoms with Crippen molar-refractivity contribution in [3.05, 3.63) is 70.7 Å². The molecule has 0 aliphatic carbocycles. The average Bonchev–Trinajstić information content (AvgIpc) is 2.45. The van der Waals surface area contributed by atoms with Gasteiger partial charge in [-0.2, -0.15) is 0 Å². The Labute approximate surface area is 121 Å². The van der Waals surface area contributed by atoms with Gasteiger partial charge in [0.1, 0.15) is 0 Å². The second-order valence-corrected chi connectivity index (χ2v) is 4.60. The molecule has 1 amide bonds. The first-order valence-electron chi connectivity index (χ1n) is 5.92. The summed E-state index contributed by atoms with van der Waals surface area (Å²) in [4.78, 5) is 23.3. The number of benzene rings is 2. The molecule has 0 spiro atoms. The Morgan fingerprint density at radius 2 is 1.75 bits per heavy atom. The van der Waals surface area contributed by atoms with E-state index in [9.17, 15) is 14.7 Å². The van der Waals surface area contributed by atoms with Gasteiger partial charge < -0.3 is 10.4 Å². The molecule has 0 bridgehead atoms. The van der Waals surface area contributed by atoms with Gasteiger partial charge in [-0.25, -0.2) is 4.79 Å². The van der Waals surface area contributed by atoms with Gasteiger partial charge in [0.2, 0.25) is 0 Å². The highest BCUT2D eigenvalue weighted by atomic mass is 35.5. The van der Waals surface area contributed by atoms with Crippen molar-refractivity contribution in [2.45, 2.75) is 6.04 Å². The Balaban J connectivity index is 2.21. The average molecular weight is 290 g/mol. The fraction of sp³-hybridized carbons (Fsp3) is 0.0667. The highest BCUT2D eigenvalue weighted by Crippen LogP contribution is 2.15. The maximum atomic E-state index is 12.1. The molecule has 0 aliphatic heterocycles. The van der Waals surface area contributed by atoms with Gasteiger partial charge in [0.15, 0.2) is 6.04 Å². The summed E-state index contributed by atoms with van der Waals surface area (Å²) in [6.45, 7) is 0. The first-order chi connectivity index (χ1) is 9.58. The SMILES string of the molecule is O=C(N[C@@H](C(=O)O)c1ccccc1)c1cccc(Cl)c1. The van der Waals surface area contributed by atoms with Crippen LogP contribution in [0.1, 0.15) is 22.0 Å². The van der Waals surface area contributed by atoms with Crippen molar-refractivity contribution in [1.82, 2.24) is 5.32 Å². The molecule has 0 aromatic heterocycles. The van der Waals surface area contributed by atoms with E-state index in [4.69, 9.17) is 11.6 Å². The van der Waals surface area contributed by atoms with Crippen LogP contribution in [0, 0.1) is 0 Å². The van der Waals surface area contributed by atoms with E-state index in [-0.39, 0.29) is 0 Å². The van der Waals surface area contributed by atoms with E-state index in [0.29, 0.717) is 16.1 Å². The van der Waals surface area contributed by atoms with Crippen LogP contribution in [0.25, 0.3) is 0 Å². The molecule has 0 saturated heterocycles. The third-order valence-electron chi connectivity index (χ3n) is 2.74. The van der Waals surface area contributed by atoms with Crippen LogP contribution < -0.4 is 5.32 Å². The van der Waals surface area contributed by atoms with Crippen LogP contribution in [0.2, 0.25) is 5.02 Å². The van der Waals surface area contributed by atoms with Gasteiger partial charge in [0.25, 0.3) is 5.91 Å². The van der Waals surface area contributed by atoms with Gasteiger partial charge in [0.05, 0.1) is 0 Å². The van der Waals surface area contributed by atoms with Gasteiger partial charge in [-0.05, 0) is 23.8 Å². The molecular formula is C15H12ClNO3. The zero-order chi connectivity index (χ0) is 14.5. The Morgan fingerprint density at radius 3 is 2.35 bits per heavy atom. The fourth-order valence-electron chi connectivity index (χ4n) is 1.78. The Kier molecular flexibility index (Phi) is 4.38. The number of carboxylic acids is 1. The highest BCUT2D eigenvalue weighted by Gasteiger charge is 2.22. The molecule has 0 heterocycles. The summed E-state index contributed by atoms with van der Waals surface area (Å²) in [7, 11) is 0. The van der Waals surface area contributed by atoms with Crippen LogP contribution in [0.4, 0.5) is 0 Å². The van der Waals surface area contributed by atoms with Crippen LogP contribution in [-0.4, -0.2) is 17.0 Å². The predicted octanol–water partition coefficient (Wildman–Crippen LogP) is 2.90. The number of nitrogens with one attached hydrogen (secondary N) is 1. The van der Waals surface area contributed by atoms with Crippen molar-refractivity contribution in [3.63, 3.8) is 0 Å². The van der Waals surface area contributed by atoms with Crippen molar-refractivity contribution in [2.75, 3.05) is 0 Å². The number of hydrogen-bond acceptors (Lipinski definition) is 2. The Bertz CT molecular complexity index is 628. The van der Waals surface area contributed by atoms with Crippen LogP contribution in [0.5, 0.6) is 0 Å². The first kappa shape index (κ1) is 14.1. The maximum absolute atomic E-state index is 12.1. The summed E-state index contributed by atoms with van der Waals surface area (Å²) in [6.07, 6.45) is 0. The molecule has 0 radical (unpaired) electrons. The number of carboxylic acid groups (broad SMARTS) is 1. The smallest absolute Gasteiger partial charge is 0.330 e. The predicted molar refractivity (Wildman–Crippen MR) is 75.7 cm³/mol. The van der Waals surface area contributed by atoms with Crippen LogP contribution in [-0.2, 0) is 4.79 Å².